The van der Waals surface area contributed by atoms with Crippen LogP contribution in [-0.4, -0.2) is 21.5 Å². The summed E-state index contributed by atoms with van der Waals surface area (Å²) >= 11 is 13.1. The molecule has 3 nitrogen and oxygen atoms in total. The Morgan fingerprint density at radius 2 is 1.95 bits per heavy atom. The van der Waals surface area contributed by atoms with Gasteiger partial charge in [0.2, 0.25) is 0 Å². The molecule has 1 aromatic heterocycles. The van der Waals surface area contributed by atoms with E-state index in [1.165, 1.54) is 11.8 Å². The predicted molar refractivity (Wildman–Crippen MR) is 78.3 cm³/mol. The lowest BCUT2D eigenvalue weighted by Gasteiger charge is -2.03. The minimum Gasteiger partial charge on any atom is -0.293 e. The standard InChI is InChI=1S/C13H10Cl2N2OS/c1-8-5-16-13(17-6-8)19-7-12(18)10-3-2-9(14)4-11(10)15/h2-6H,7H2,1H3. The molecule has 6 heteroatoms. The molecule has 0 aliphatic rings. The summed E-state index contributed by atoms with van der Waals surface area (Å²) in [4.78, 5) is 20.3. The molecule has 2 rings (SSSR count). The van der Waals surface area contributed by atoms with E-state index >= 15 is 0 Å². The number of hydrogen-bond donors (Lipinski definition) is 0. The summed E-state index contributed by atoms with van der Waals surface area (Å²) in [5, 5.41) is 1.45. The van der Waals surface area contributed by atoms with Crippen molar-refractivity contribution in [3.63, 3.8) is 0 Å². The molecule has 2 aromatic rings. The smallest absolute Gasteiger partial charge is 0.187 e. The number of aromatic nitrogens is 2. The number of benzene rings is 1. The molecule has 1 aromatic carbocycles. The summed E-state index contributed by atoms with van der Waals surface area (Å²) in [6.45, 7) is 1.91. The first kappa shape index (κ1) is 14.3. The van der Waals surface area contributed by atoms with E-state index in [1.54, 1.807) is 30.6 Å². The van der Waals surface area contributed by atoms with Crippen LogP contribution in [-0.2, 0) is 0 Å². The summed E-state index contributed by atoms with van der Waals surface area (Å²) in [6, 6.07) is 4.83. The monoisotopic (exact) mass is 312 g/mol. The van der Waals surface area contributed by atoms with Crippen LogP contribution in [0.5, 0.6) is 0 Å². The molecule has 98 valence electrons. The number of carbonyl (C=O) groups is 1. The van der Waals surface area contributed by atoms with E-state index in [9.17, 15) is 4.79 Å². The number of ketones is 1. The number of carbonyl (C=O) groups excluding carboxylic acids is 1. The van der Waals surface area contributed by atoms with Crippen molar-refractivity contribution >= 4 is 40.7 Å². The van der Waals surface area contributed by atoms with Crippen molar-refractivity contribution in [2.24, 2.45) is 0 Å². The number of Topliss-reactive ketones (excluding diaryl/α,β-unsaturated/α-hetero) is 1. The average molecular weight is 313 g/mol. The van der Waals surface area contributed by atoms with Crippen molar-refractivity contribution in [2.75, 3.05) is 5.75 Å². The van der Waals surface area contributed by atoms with Gasteiger partial charge in [-0.15, -0.1) is 0 Å². The summed E-state index contributed by atoms with van der Waals surface area (Å²) < 4.78 is 0. The molecule has 0 aliphatic heterocycles. The number of thioether (sulfide) groups is 1. The van der Waals surface area contributed by atoms with Crippen LogP contribution in [0.1, 0.15) is 15.9 Å². The Kier molecular flexibility index (Phi) is 4.80. The molecule has 0 bridgehead atoms. The van der Waals surface area contributed by atoms with Crippen LogP contribution in [0.4, 0.5) is 0 Å². The largest absolute Gasteiger partial charge is 0.293 e. The second kappa shape index (κ2) is 6.37. The first-order valence-electron chi connectivity index (χ1n) is 5.46. The van der Waals surface area contributed by atoms with Crippen molar-refractivity contribution in [3.8, 4) is 0 Å². The van der Waals surface area contributed by atoms with Crippen molar-refractivity contribution in [3.05, 3.63) is 51.8 Å². The van der Waals surface area contributed by atoms with Crippen molar-refractivity contribution in [2.45, 2.75) is 12.1 Å². The lowest BCUT2D eigenvalue weighted by Crippen LogP contribution is -2.04. The fraction of sp³-hybridized carbons (Fsp3) is 0.154. The van der Waals surface area contributed by atoms with Gasteiger partial charge < -0.3 is 0 Å². The molecule has 19 heavy (non-hydrogen) atoms. The lowest BCUT2D eigenvalue weighted by molar-refractivity contribution is 0.102. The Balaban J connectivity index is 2.03. The van der Waals surface area contributed by atoms with Gasteiger partial charge in [-0.3, -0.25) is 4.79 Å². The summed E-state index contributed by atoms with van der Waals surface area (Å²) in [7, 11) is 0. The van der Waals surface area contributed by atoms with E-state index in [0.717, 1.165) is 5.56 Å². The van der Waals surface area contributed by atoms with Crippen LogP contribution in [0.25, 0.3) is 0 Å². The zero-order valence-electron chi connectivity index (χ0n) is 10.1. The average Bonchev–Trinajstić information content (AvgIpc) is 2.37. The van der Waals surface area contributed by atoms with Crippen LogP contribution in [0, 0.1) is 6.92 Å². The third-order valence-corrected chi connectivity index (χ3v) is 3.74. The van der Waals surface area contributed by atoms with Crippen LogP contribution >= 0.6 is 35.0 Å². The van der Waals surface area contributed by atoms with E-state index in [-0.39, 0.29) is 11.5 Å². The normalized spacial score (nSPS) is 10.5. The third kappa shape index (κ3) is 3.93. The van der Waals surface area contributed by atoms with Crippen LogP contribution < -0.4 is 0 Å². The van der Waals surface area contributed by atoms with E-state index in [2.05, 4.69) is 9.97 Å². The zero-order valence-corrected chi connectivity index (χ0v) is 12.4. The highest BCUT2D eigenvalue weighted by atomic mass is 35.5. The molecule has 0 radical (unpaired) electrons. The molecule has 0 aliphatic carbocycles. The molecule has 0 saturated carbocycles. The van der Waals surface area contributed by atoms with Crippen LogP contribution in [0.2, 0.25) is 10.0 Å². The second-order valence-electron chi connectivity index (χ2n) is 3.88. The SMILES string of the molecule is Cc1cnc(SCC(=O)c2ccc(Cl)cc2Cl)nc1. The third-order valence-electron chi connectivity index (χ3n) is 2.32. The molecule has 1 heterocycles. The Morgan fingerprint density at radius 3 is 2.58 bits per heavy atom. The predicted octanol–water partition coefficient (Wildman–Crippen LogP) is 4.07. The highest BCUT2D eigenvalue weighted by molar-refractivity contribution is 7.99. The van der Waals surface area contributed by atoms with Crippen molar-refractivity contribution in [1.29, 1.82) is 0 Å². The highest BCUT2D eigenvalue weighted by Gasteiger charge is 2.12. The number of rotatable bonds is 4. The van der Waals surface area contributed by atoms with E-state index < -0.39 is 0 Å². The summed E-state index contributed by atoms with van der Waals surface area (Å²) in [6.07, 6.45) is 3.43. The summed E-state index contributed by atoms with van der Waals surface area (Å²) in [5.41, 5.74) is 1.45. The molecule has 0 saturated heterocycles. The highest BCUT2D eigenvalue weighted by Crippen LogP contribution is 2.23. The van der Waals surface area contributed by atoms with Crippen molar-refractivity contribution < 1.29 is 4.79 Å². The Morgan fingerprint density at radius 1 is 1.26 bits per heavy atom. The first-order chi connectivity index (χ1) is 9.06. The van der Waals surface area contributed by atoms with Gasteiger partial charge >= 0.3 is 0 Å². The molecule has 0 atom stereocenters. The molecule has 0 N–H and O–H groups in total. The molecule has 0 spiro atoms. The fourth-order valence-corrected chi connectivity index (χ4v) is 2.56. The Hall–Kier alpha value is -1.10. The maximum absolute atomic E-state index is 12.0. The van der Waals surface area contributed by atoms with E-state index in [0.29, 0.717) is 20.8 Å². The molecule has 0 fully saturated rings. The van der Waals surface area contributed by atoms with Gasteiger partial charge in [0.25, 0.3) is 0 Å². The van der Waals surface area contributed by atoms with Gasteiger partial charge in [-0.25, -0.2) is 9.97 Å². The van der Waals surface area contributed by atoms with Gasteiger partial charge in [0, 0.05) is 23.0 Å². The van der Waals surface area contributed by atoms with Crippen LogP contribution in [0.15, 0.2) is 35.7 Å². The van der Waals surface area contributed by atoms with Crippen molar-refractivity contribution in [1.82, 2.24) is 9.97 Å². The number of halogens is 2. The van der Waals surface area contributed by atoms with E-state index in [4.69, 9.17) is 23.2 Å². The van der Waals surface area contributed by atoms with Gasteiger partial charge in [-0.1, -0.05) is 35.0 Å². The fourth-order valence-electron chi connectivity index (χ4n) is 1.38. The van der Waals surface area contributed by atoms with Gasteiger partial charge in [0.05, 0.1) is 10.8 Å². The van der Waals surface area contributed by atoms with Gasteiger partial charge in [0.1, 0.15) is 0 Å². The lowest BCUT2D eigenvalue weighted by atomic mass is 10.1. The van der Waals surface area contributed by atoms with E-state index in [1.807, 2.05) is 6.92 Å². The topological polar surface area (TPSA) is 42.9 Å². The maximum Gasteiger partial charge on any atom is 0.187 e. The maximum atomic E-state index is 12.0. The van der Waals surface area contributed by atoms with Gasteiger partial charge in [-0.05, 0) is 30.7 Å². The number of nitrogens with zero attached hydrogens (tertiary/aromatic N) is 2. The van der Waals surface area contributed by atoms with Gasteiger partial charge in [0.15, 0.2) is 10.9 Å². The number of aryl methyl sites for hydroxylation is 1. The molecule has 0 unspecified atom stereocenters. The van der Waals surface area contributed by atoms with Crippen LogP contribution in [0.3, 0.4) is 0 Å². The quantitative estimate of drug-likeness (QED) is 0.485. The Labute approximate surface area is 125 Å². The first-order valence-corrected chi connectivity index (χ1v) is 7.20. The summed E-state index contributed by atoms with van der Waals surface area (Å²) in [5.74, 6) is 0.167. The Bertz CT molecular complexity index is 602. The number of hydrogen-bond acceptors (Lipinski definition) is 4. The minimum absolute atomic E-state index is 0.0733. The molecule has 0 amide bonds. The molecular weight excluding hydrogens is 303 g/mol. The second-order valence-corrected chi connectivity index (χ2v) is 5.67. The zero-order chi connectivity index (χ0) is 13.8. The minimum atomic E-state index is -0.0733. The van der Waals surface area contributed by atoms with Gasteiger partial charge in [-0.2, -0.15) is 0 Å². The molecular formula is C13H10Cl2N2OS.